The molecule has 0 spiro atoms. The Morgan fingerprint density at radius 3 is 2.33 bits per heavy atom. The maximum Gasteiger partial charge on any atom is 0.159 e. The van der Waals surface area contributed by atoms with Crippen LogP contribution in [0, 0.1) is 6.92 Å². The highest BCUT2D eigenvalue weighted by molar-refractivity contribution is 6.04. The van der Waals surface area contributed by atoms with Gasteiger partial charge in [0, 0.05) is 24.4 Å². The van der Waals surface area contributed by atoms with Gasteiger partial charge in [0.2, 0.25) is 0 Å². The van der Waals surface area contributed by atoms with Crippen LogP contribution < -0.4 is 4.74 Å². The van der Waals surface area contributed by atoms with Crippen LogP contribution in [-0.2, 0) is 0 Å². The van der Waals surface area contributed by atoms with Gasteiger partial charge in [-0.15, -0.1) is 0 Å². The molecule has 0 bridgehead atoms. The van der Waals surface area contributed by atoms with E-state index in [4.69, 9.17) is 14.8 Å². The lowest BCUT2D eigenvalue weighted by Crippen LogP contribution is -2.21. The van der Waals surface area contributed by atoms with Crippen LogP contribution in [0.4, 0.5) is 5.82 Å². The summed E-state index contributed by atoms with van der Waals surface area (Å²) in [4.78, 5) is 9.29. The summed E-state index contributed by atoms with van der Waals surface area (Å²) in [5.74, 6) is 1.73. The molecule has 2 aromatic heterocycles. The molecule has 1 aliphatic rings. The van der Waals surface area contributed by atoms with Gasteiger partial charge in [-0.05, 0) is 47.9 Å². The van der Waals surface area contributed by atoms with Crippen molar-refractivity contribution in [2.24, 2.45) is 4.99 Å². The second kappa shape index (κ2) is 7.59. The van der Waals surface area contributed by atoms with E-state index in [9.17, 15) is 0 Å². The number of ether oxygens (including phenoxy) is 1. The first-order valence-corrected chi connectivity index (χ1v) is 10.0. The third-order valence-corrected chi connectivity index (χ3v) is 5.56. The fourth-order valence-corrected chi connectivity index (χ4v) is 4.06. The van der Waals surface area contributed by atoms with E-state index in [1.54, 1.807) is 7.11 Å². The van der Waals surface area contributed by atoms with Crippen LogP contribution in [0.25, 0.3) is 11.1 Å². The van der Waals surface area contributed by atoms with Crippen molar-refractivity contribution in [3.63, 3.8) is 0 Å². The van der Waals surface area contributed by atoms with Crippen molar-refractivity contribution in [2.45, 2.75) is 19.4 Å². The molecule has 0 radical (unpaired) electrons. The van der Waals surface area contributed by atoms with Crippen molar-refractivity contribution in [1.29, 1.82) is 0 Å². The Morgan fingerprint density at radius 2 is 1.63 bits per heavy atom. The molecule has 0 saturated heterocycles. The Hall–Kier alpha value is -3.73. The van der Waals surface area contributed by atoms with Crippen molar-refractivity contribution >= 4 is 11.5 Å². The van der Waals surface area contributed by atoms with Crippen LogP contribution >= 0.6 is 0 Å². The van der Waals surface area contributed by atoms with Crippen LogP contribution in [0.5, 0.6) is 5.75 Å². The largest absolute Gasteiger partial charge is 0.497 e. The normalized spacial score (nSPS) is 15.4. The molecule has 1 atom stereocenters. The van der Waals surface area contributed by atoms with Crippen molar-refractivity contribution in [1.82, 2.24) is 14.8 Å². The summed E-state index contributed by atoms with van der Waals surface area (Å²) in [5, 5.41) is 4.91. The minimum absolute atomic E-state index is 0.0707. The number of nitrogens with zero attached hydrogens (tertiary/aromatic N) is 4. The van der Waals surface area contributed by atoms with Gasteiger partial charge in [-0.25, -0.2) is 9.67 Å². The average Bonchev–Trinajstić information content (AvgIpc) is 3.15. The first-order valence-electron chi connectivity index (χ1n) is 10.0. The molecule has 1 aliphatic heterocycles. The Labute approximate surface area is 175 Å². The number of rotatable bonds is 4. The molecule has 2 aromatic carbocycles. The number of methoxy groups -OCH3 is 1. The van der Waals surface area contributed by atoms with E-state index in [-0.39, 0.29) is 6.04 Å². The molecule has 0 saturated carbocycles. The van der Waals surface area contributed by atoms with Crippen molar-refractivity contribution in [3.05, 3.63) is 95.9 Å². The second-order valence-electron chi connectivity index (χ2n) is 7.38. The summed E-state index contributed by atoms with van der Waals surface area (Å²) in [6.45, 7) is 2.05. The lowest BCUT2D eigenvalue weighted by Gasteiger charge is -2.25. The quantitative estimate of drug-likeness (QED) is 0.467. The van der Waals surface area contributed by atoms with E-state index in [1.165, 1.54) is 5.56 Å². The highest BCUT2D eigenvalue weighted by atomic mass is 16.5. The average molecular weight is 394 g/mol. The molecule has 0 aliphatic carbocycles. The summed E-state index contributed by atoms with van der Waals surface area (Å²) in [5.41, 5.74) is 6.50. The number of aliphatic imine (C=N–C) groups is 1. The van der Waals surface area contributed by atoms with Crippen LogP contribution in [-0.4, -0.2) is 27.6 Å². The van der Waals surface area contributed by atoms with Gasteiger partial charge in [-0.2, -0.15) is 5.10 Å². The van der Waals surface area contributed by atoms with E-state index >= 15 is 0 Å². The molecule has 5 rings (SSSR count). The predicted octanol–water partition coefficient (Wildman–Crippen LogP) is 5.38. The van der Waals surface area contributed by atoms with Crippen LogP contribution in [0.2, 0.25) is 0 Å². The Balaban J connectivity index is 1.70. The second-order valence-corrected chi connectivity index (χ2v) is 7.38. The van der Waals surface area contributed by atoms with E-state index in [1.807, 2.05) is 37.5 Å². The summed E-state index contributed by atoms with van der Waals surface area (Å²) in [7, 11) is 1.68. The zero-order chi connectivity index (χ0) is 20.5. The van der Waals surface area contributed by atoms with Gasteiger partial charge < -0.3 is 4.74 Å². The third-order valence-electron chi connectivity index (χ3n) is 5.56. The highest BCUT2D eigenvalue weighted by Crippen LogP contribution is 2.41. The molecule has 0 N–H and O–H groups in total. The number of pyridine rings is 1. The number of benzene rings is 2. The summed E-state index contributed by atoms with van der Waals surface area (Å²) in [6, 6.07) is 22.7. The summed E-state index contributed by atoms with van der Waals surface area (Å²) >= 11 is 0. The zero-order valence-electron chi connectivity index (χ0n) is 17.0. The van der Waals surface area contributed by atoms with Crippen LogP contribution in [0.15, 0.2) is 84.1 Å². The summed E-state index contributed by atoms with van der Waals surface area (Å²) < 4.78 is 7.39. The Bertz CT molecular complexity index is 1200. The minimum atomic E-state index is 0.0707. The van der Waals surface area contributed by atoms with Crippen LogP contribution in [0.3, 0.4) is 0 Å². The topological polar surface area (TPSA) is 52.3 Å². The van der Waals surface area contributed by atoms with Gasteiger partial charge in [0.25, 0.3) is 0 Å². The van der Waals surface area contributed by atoms with E-state index in [2.05, 4.69) is 58.2 Å². The molecule has 5 heteroatoms. The highest BCUT2D eigenvalue weighted by Gasteiger charge is 2.29. The Morgan fingerprint density at radius 1 is 0.900 bits per heavy atom. The fraction of sp³-hybridized carbons (Fsp3) is 0.160. The van der Waals surface area contributed by atoms with Gasteiger partial charge in [-0.3, -0.25) is 4.98 Å². The van der Waals surface area contributed by atoms with Crippen LogP contribution in [0.1, 0.15) is 29.3 Å². The molecular formula is C25H22N4O. The lowest BCUT2D eigenvalue weighted by molar-refractivity contribution is 0.415. The molecule has 0 unspecified atom stereocenters. The fourth-order valence-electron chi connectivity index (χ4n) is 4.06. The third kappa shape index (κ3) is 3.18. The lowest BCUT2D eigenvalue weighted by atomic mass is 9.96. The summed E-state index contributed by atoms with van der Waals surface area (Å²) in [6.07, 6.45) is 4.46. The molecule has 0 amide bonds. The zero-order valence-corrected chi connectivity index (χ0v) is 17.0. The van der Waals surface area contributed by atoms with Gasteiger partial charge >= 0.3 is 0 Å². The molecular weight excluding hydrogens is 372 g/mol. The number of hydrogen-bond donors (Lipinski definition) is 0. The predicted molar refractivity (Wildman–Crippen MR) is 119 cm³/mol. The van der Waals surface area contributed by atoms with Gasteiger partial charge in [0.1, 0.15) is 5.75 Å². The van der Waals surface area contributed by atoms with E-state index in [0.717, 1.165) is 46.1 Å². The van der Waals surface area contributed by atoms with E-state index < -0.39 is 0 Å². The number of hydrogen-bond acceptors (Lipinski definition) is 4. The van der Waals surface area contributed by atoms with E-state index in [0.29, 0.717) is 0 Å². The monoisotopic (exact) mass is 394 g/mol. The first-order chi connectivity index (χ1) is 14.7. The van der Waals surface area contributed by atoms with Crippen molar-refractivity contribution in [2.75, 3.05) is 7.11 Å². The standard InChI is InChI=1S/C25H22N4O/c1-17-24(20-8-10-21(30-2)11-9-20)25-27-22(18-6-4-3-5-7-18)16-23(29(25)28-17)19-12-14-26-15-13-19/h3-15,23H,16H2,1-2H3/t23-/m0/s1. The first kappa shape index (κ1) is 18.3. The van der Waals surface area contributed by atoms with Gasteiger partial charge in [0.15, 0.2) is 5.82 Å². The molecule has 0 fully saturated rings. The van der Waals surface area contributed by atoms with Gasteiger partial charge in [-0.1, -0.05) is 42.5 Å². The molecule has 148 valence electrons. The molecule has 30 heavy (non-hydrogen) atoms. The van der Waals surface area contributed by atoms with Crippen molar-refractivity contribution < 1.29 is 4.74 Å². The maximum atomic E-state index is 5.32. The smallest absolute Gasteiger partial charge is 0.159 e. The number of fused-ring (bicyclic) bond motifs is 1. The number of aryl methyl sites for hydroxylation is 1. The minimum Gasteiger partial charge on any atom is -0.497 e. The SMILES string of the molecule is COc1ccc(-c2c(C)nn3c2N=C(c2ccccc2)C[C@H]3c2ccncc2)cc1. The van der Waals surface area contributed by atoms with Gasteiger partial charge in [0.05, 0.1) is 24.6 Å². The maximum absolute atomic E-state index is 5.32. The molecule has 3 heterocycles. The Kier molecular flexibility index (Phi) is 4.64. The number of aromatic nitrogens is 3. The molecule has 5 nitrogen and oxygen atoms in total. The molecule has 4 aromatic rings. The van der Waals surface area contributed by atoms with Crippen molar-refractivity contribution in [3.8, 4) is 16.9 Å².